The van der Waals surface area contributed by atoms with E-state index in [4.69, 9.17) is 4.74 Å². The number of fused-ring (bicyclic) bond motifs is 1. The number of carbonyl (C=O) groups excluding carboxylic acids is 2. The number of rotatable bonds is 5. The zero-order chi connectivity index (χ0) is 17.6. The highest BCUT2D eigenvalue weighted by atomic mass is 16.5. The van der Waals surface area contributed by atoms with E-state index in [9.17, 15) is 9.59 Å². The molecule has 0 aliphatic heterocycles. The first-order valence-electron chi connectivity index (χ1n) is 7.99. The van der Waals surface area contributed by atoms with Crippen molar-refractivity contribution in [1.29, 1.82) is 0 Å². The van der Waals surface area contributed by atoms with Crippen LogP contribution in [0.2, 0.25) is 0 Å². The Labute approximate surface area is 145 Å². The highest BCUT2D eigenvalue weighted by Gasteiger charge is 2.09. The van der Waals surface area contributed by atoms with E-state index in [1.807, 2.05) is 42.5 Å². The van der Waals surface area contributed by atoms with Crippen molar-refractivity contribution in [3.05, 3.63) is 71.9 Å². The summed E-state index contributed by atoms with van der Waals surface area (Å²) in [4.78, 5) is 26.7. The summed E-state index contributed by atoms with van der Waals surface area (Å²) < 4.78 is 4.83. The van der Waals surface area contributed by atoms with Crippen LogP contribution in [0.5, 0.6) is 0 Å². The average molecular weight is 334 g/mol. The van der Waals surface area contributed by atoms with Crippen LogP contribution in [0.4, 0.5) is 5.69 Å². The summed E-state index contributed by atoms with van der Waals surface area (Å²) in [6.07, 6.45) is 3.04. The summed E-state index contributed by atoms with van der Waals surface area (Å²) in [5.74, 6) is -0.579. The van der Waals surface area contributed by atoms with E-state index >= 15 is 0 Å². The lowest BCUT2D eigenvalue weighted by Gasteiger charge is -2.04. The van der Waals surface area contributed by atoms with Gasteiger partial charge in [0.15, 0.2) is 0 Å². The van der Waals surface area contributed by atoms with Crippen molar-refractivity contribution in [3.8, 4) is 0 Å². The summed E-state index contributed by atoms with van der Waals surface area (Å²) >= 11 is 0. The Kier molecular flexibility index (Phi) is 4.95. The fraction of sp³-hybridized carbons (Fsp3) is 0.100. The molecular formula is C20H18N2O3. The molecule has 0 atom stereocenters. The Morgan fingerprint density at radius 2 is 1.88 bits per heavy atom. The van der Waals surface area contributed by atoms with Gasteiger partial charge in [-0.2, -0.15) is 0 Å². The van der Waals surface area contributed by atoms with Gasteiger partial charge in [0, 0.05) is 22.7 Å². The van der Waals surface area contributed by atoms with Gasteiger partial charge in [-0.15, -0.1) is 0 Å². The predicted octanol–water partition coefficient (Wildman–Crippen LogP) is 4.00. The lowest BCUT2D eigenvalue weighted by Crippen LogP contribution is -2.12. The van der Waals surface area contributed by atoms with Gasteiger partial charge in [-0.1, -0.05) is 30.3 Å². The van der Waals surface area contributed by atoms with Crippen molar-refractivity contribution in [2.75, 3.05) is 11.9 Å². The number of carbonyl (C=O) groups is 2. The van der Waals surface area contributed by atoms with E-state index in [1.54, 1.807) is 25.1 Å². The van der Waals surface area contributed by atoms with Crippen molar-refractivity contribution < 1.29 is 14.3 Å². The molecule has 1 heterocycles. The fourth-order valence-electron chi connectivity index (χ4n) is 2.43. The lowest BCUT2D eigenvalue weighted by molar-refractivity contribution is -0.137. The van der Waals surface area contributed by atoms with Gasteiger partial charge in [-0.3, -0.25) is 4.79 Å². The number of anilines is 1. The minimum atomic E-state index is -0.376. The fourth-order valence-corrected chi connectivity index (χ4v) is 2.43. The summed E-state index contributed by atoms with van der Waals surface area (Å²) in [7, 11) is 0. The van der Waals surface area contributed by atoms with Crippen LogP contribution in [-0.4, -0.2) is 23.5 Å². The van der Waals surface area contributed by atoms with Gasteiger partial charge in [0.25, 0.3) is 5.91 Å². The van der Waals surface area contributed by atoms with Crippen LogP contribution in [0.15, 0.2) is 60.7 Å². The number of benzene rings is 2. The van der Waals surface area contributed by atoms with E-state index in [0.717, 1.165) is 16.5 Å². The van der Waals surface area contributed by atoms with Gasteiger partial charge < -0.3 is 15.0 Å². The quantitative estimate of drug-likeness (QED) is 0.547. The van der Waals surface area contributed by atoms with Crippen molar-refractivity contribution in [2.24, 2.45) is 0 Å². The molecule has 0 spiro atoms. The number of aromatic amines is 1. The number of esters is 1. The van der Waals surface area contributed by atoms with Crippen LogP contribution in [0.3, 0.4) is 0 Å². The highest BCUT2D eigenvalue weighted by molar-refractivity contribution is 6.05. The zero-order valence-corrected chi connectivity index (χ0v) is 13.8. The molecule has 0 aliphatic rings. The molecular weight excluding hydrogens is 316 g/mol. The summed E-state index contributed by atoms with van der Waals surface area (Å²) in [6, 6.07) is 16.7. The third kappa shape index (κ3) is 4.14. The Bertz CT molecular complexity index is 891. The highest BCUT2D eigenvalue weighted by Crippen LogP contribution is 2.17. The number of nitrogens with one attached hydrogen (secondary N) is 2. The maximum absolute atomic E-state index is 12.3. The maximum atomic E-state index is 12.3. The van der Waals surface area contributed by atoms with Crippen LogP contribution in [0.25, 0.3) is 17.0 Å². The van der Waals surface area contributed by atoms with Gasteiger partial charge in [-0.25, -0.2) is 4.79 Å². The van der Waals surface area contributed by atoms with Crippen LogP contribution in [0.1, 0.15) is 23.0 Å². The minimum absolute atomic E-state index is 0.203. The molecule has 0 radical (unpaired) electrons. The van der Waals surface area contributed by atoms with E-state index in [0.29, 0.717) is 18.0 Å². The van der Waals surface area contributed by atoms with Crippen molar-refractivity contribution in [1.82, 2.24) is 4.98 Å². The molecule has 1 aromatic heterocycles. The molecule has 0 fully saturated rings. The largest absolute Gasteiger partial charge is 0.463 e. The Balaban J connectivity index is 1.66. The van der Waals surface area contributed by atoms with Crippen molar-refractivity contribution in [2.45, 2.75) is 6.92 Å². The van der Waals surface area contributed by atoms with E-state index in [1.165, 1.54) is 6.08 Å². The van der Waals surface area contributed by atoms with Gasteiger partial charge >= 0.3 is 5.97 Å². The summed E-state index contributed by atoms with van der Waals surface area (Å²) in [5.41, 5.74) is 2.95. The molecule has 3 rings (SSSR count). The third-order valence-corrected chi connectivity index (χ3v) is 3.64. The number of H-pyrrole nitrogens is 1. The van der Waals surface area contributed by atoms with Crippen molar-refractivity contribution in [3.63, 3.8) is 0 Å². The van der Waals surface area contributed by atoms with Gasteiger partial charge in [0.05, 0.1) is 6.61 Å². The Morgan fingerprint density at radius 1 is 1.12 bits per heavy atom. The topological polar surface area (TPSA) is 71.2 Å². The Hall–Kier alpha value is -3.34. The molecule has 0 bridgehead atoms. The van der Waals surface area contributed by atoms with Gasteiger partial charge in [0.2, 0.25) is 0 Å². The molecule has 1 amide bonds. The second-order valence-electron chi connectivity index (χ2n) is 5.43. The molecule has 5 heteroatoms. The first-order valence-corrected chi connectivity index (χ1v) is 7.99. The maximum Gasteiger partial charge on any atom is 0.330 e. The number of para-hydroxylation sites is 1. The van der Waals surface area contributed by atoms with Crippen LogP contribution < -0.4 is 5.32 Å². The molecule has 0 saturated heterocycles. The molecule has 0 unspecified atom stereocenters. The van der Waals surface area contributed by atoms with Crippen molar-refractivity contribution >= 4 is 34.5 Å². The number of hydrogen-bond acceptors (Lipinski definition) is 3. The average Bonchev–Trinajstić information content (AvgIpc) is 3.06. The van der Waals surface area contributed by atoms with Gasteiger partial charge in [-0.05, 0) is 42.8 Å². The van der Waals surface area contributed by atoms with E-state index in [-0.39, 0.29) is 11.9 Å². The molecule has 2 aromatic carbocycles. The number of aromatic nitrogens is 1. The summed E-state index contributed by atoms with van der Waals surface area (Å²) in [5, 5.41) is 3.84. The molecule has 126 valence electrons. The molecule has 5 nitrogen and oxygen atoms in total. The molecule has 3 aromatic rings. The minimum Gasteiger partial charge on any atom is -0.463 e. The molecule has 2 N–H and O–H groups in total. The normalized spacial score (nSPS) is 10.9. The SMILES string of the molecule is CCOC(=O)/C=C/c1ccc(NC(=O)c2cc3ccccc3[nH]2)cc1. The van der Waals surface area contributed by atoms with E-state index < -0.39 is 0 Å². The second-order valence-corrected chi connectivity index (χ2v) is 5.43. The number of ether oxygens (including phenoxy) is 1. The van der Waals surface area contributed by atoms with Crippen LogP contribution in [-0.2, 0) is 9.53 Å². The monoisotopic (exact) mass is 334 g/mol. The summed E-state index contributed by atoms with van der Waals surface area (Å²) in [6.45, 7) is 2.11. The van der Waals surface area contributed by atoms with Crippen LogP contribution >= 0.6 is 0 Å². The molecule has 0 aliphatic carbocycles. The third-order valence-electron chi connectivity index (χ3n) is 3.64. The molecule has 0 saturated carbocycles. The van der Waals surface area contributed by atoms with Gasteiger partial charge in [0.1, 0.15) is 5.69 Å². The Morgan fingerprint density at radius 3 is 2.60 bits per heavy atom. The molecule has 25 heavy (non-hydrogen) atoms. The second kappa shape index (κ2) is 7.49. The standard InChI is InChI=1S/C20H18N2O3/c1-2-25-19(23)12-9-14-7-10-16(11-8-14)21-20(24)18-13-15-5-3-4-6-17(15)22-18/h3-13,22H,2H2,1H3,(H,21,24)/b12-9+. The van der Waals surface area contributed by atoms with E-state index in [2.05, 4.69) is 10.3 Å². The predicted molar refractivity (Wildman–Crippen MR) is 98.4 cm³/mol. The zero-order valence-electron chi connectivity index (χ0n) is 13.8. The van der Waals surface area contributed by atoms with Crippen LogP contribution in [0, 0.1) is 0 Å². The first-order chi connectivity index (χ1) is 12.2. The number of hydrogen-bond donors (Lipinski definition) is 2. The lowest BCUT2D eigenvalue weighted by atomic mass is 10.2. The first kappa shape index (κ1) is 16.5. The number of amides is 1. The smallest absolute Gasteiger partial charge is 0.330 e.